The van der Waals surface area contributed by atoms with Gasteiger partial charge in [-0.3, -0.25) is 4.79 Å². The summed E-state index contributed by atoms with van der Waals surface area (Å²) in [6.45, 7) is 3.15. The lowest BCUT2D eigenvalue weighted by Gasteiger charge is -2.33. The van der Waals surface area contributed by atoms with Crippen LogP contribution in [-0.2, 0) is 4.79 Å². The van der Waals surface area contributed by atoms with E-state index in [-0.39, 0.29) is 24.2 Å². The molecular formula is C15H22ClN5OS. The molecule has 2 aromatic rings. The molecule has 1 aliphatic rings. The SMILES string of the molecule is CNCCNC(=O)C1CCCN(c2ncnc3sccc23)C1.Cl. The zero-order chi connectivity index (χ0) is 15.4. The predicted molar refractivity (Wildman–Crippen MR) is 96.5 cm³/mol. The lowest BCUT2D eigenvalue weighted by Crippen LogP contribution is -2.44. The van der Waals surface area contributed by atoms with Crippen molar-refractivity contribution >= 4 is 45.7 Å². The number of carbonyl (C=O) groups excluding carboxylic acids is 1. The monoisotopic (exact) mass is 355 g/mol. The van der Waals surface area contributed by atoms with Crippen LogP contribution in [0.4, 0.5) is 5.82 Å². The van der Waals surface area contributed by atoms with Gasteiger partial charge >= 0.3 is 0 Å². The topological polar surface area (TPSA) is 70.2 Å². The number of anilines is 1. The Morgan fingerprint density at radius 1 is 1.43 bits per heavy atom. The Morgan fingerprint density at radius 3 is 3.13 bits per heavy atom. The van der Waals surface area contributed by atoms with Gasteiger partial charge in [-0.2, -0.15) is 0 Å². The maximum absolute atomic E-state index is 12.3. The van der Waals surface area contributed by atoms with Crippen LogP contribution in [0.3, 0.4) is 0 Å². The average molecular weight is 356 g/mol. The normalized spacial score (nSPS) is 17.8. The highest BCUT2D eigenvalue weighted by Crippen LogP contribution is 2.29. The van der Waals surface area contributed by atoms with Crippen LogP contribution in [0.2, 0.25) is 0 Å². The van der Waals surface area contributed by atoms with Crippen molar-refractivity contribution in [2.75, 3.05) is 38.1 Å². The van der Waals surface area contributed by atoms with E-state index in [1.165, 1.54) is 0 Å². The highest BCUT2D eigenvalue weighted by Gasteiger charge is 2.27. The zero-order valence-corrected chi connectivity index (χ0v) is 14.8. The van der Waals surface area contributed by atoms with Crippen LogP contribution in [0.25, 0.3) is 10.2 Å². The first-order valence-corrected chi connectivity index (χ1v) is 8.53. The Hall–Kier alpha value is -1.44. The molecule has 8 heteroatoms. The molecule has 3 heterocycles. The number of nitrogens with zero attached hydrogens (tertiary/aromatic N) is 3. The number of rotatable bonds is 5. The maximum atomic E-state index is 12.3. The van der Waals surface area contributed by atoms with Crippen molar-refractivity contribution in [2.45, 2.75) is 12.8 Å². The highest BCUT2D eigenvalue weighted by molar-refractivity contribution is 7.16. The van der Waals surface area contributed by atoms with Gasteiger partial charge in [0.15, 0.2) is 0 Å². The summed E-state index contributed by atoms with van der Waals surface area (Å²) in [7, 11) is 1.88. The standard InChI is InChI=1S/C15H21N5OS.ClH/c1-16-5-6-17-14(21)11-3-2-7-20(9-11)13-12-4-8-22-15(12)19-10-18-13;/h4,8,10-11,16H,2-3,5-7,9H2,1H3,(H,17,21);1H. The molecule has 1 fully saturated rings. The third-order valence-corrected chi connectivity index (χ3v) is 4.83. The molecule has 1 unspecified atom stereocenters. The van der Waals surface area contributed by atoms with E-state index in [1.807, 2.05) is 12.4 Å². The van der Waals surface area contributed by atoms with Crippen LogP contribution in [0, 0.1) is 5.92 Å². The fourth-order valence-electron chi connectivity index (χ4n) is 2.87. The number of hydrogen-bond acceptors (Lipinski definition) is 6. The van der Waals surface area contributed by atoms with Crippen molar-refractivity contribution in [3.8, 4) is 0 Å². The fraction of sp³-hybridized carbons (Fsp3) is 0.533. The molecule has 3 rings (SSSR count). The molecule has 0 radical (unpaired) electrons. The second kappa shape index (κ2) is 8.42. The average Bonchev–Trinajstić information content (AvgIpc) is 3.03. The van der Waals surface area contributed by atoms with Gasteiger partial charge in [0, 0.05) is 26.2 Å². The van der Waals surface area contributed by atoms with E-state index >= 15 is 0 Å². The molecule has 0 aromatic carbocycles. The number of fused-ring (bicyclic) bond motifs is 1. The molecule has 2 N–H and O–H groups in total. The van der Waals surface area contributed by atoms with E-state index in [9.17, 15) is 4.79 Å². The summed E-state index contributed by atoms with van der Waals surface area (Å²) in [6, 6.07) is 2.06. The first kappa shape index (κ1) is 17.9. The summed E-state index contributed by atoms with van der Waals surface area (Å²) in [5.74, 6) is 1.14. The van der Waals surface area contributed by atoms with Crippen molar-refractivity contribution in [3.05, 3.63) is 17.8 Å². The van der Waals surface area contributed by atoms with E-state index in [4.69, 9.17) is 0 Å². The number of hydrogen-bond donors (Lipinski definition) is 2. The number of piperidine rings is 1. The molecule has 1 amide bonds. The van der Waals surface area contributed by atoms with Crippen molar-refractivity contribution in [1.82, 2.24) is 20.6 Å². The Kier molecular flexibility index (Phi) is 6.56. The second-order valence-electron chi connectivity index (χ2n) is 5.52. The molecule has 126 valence electrons. The Balaban J connectivity index is 0.00000192. The smallest absolute Gasteiger partial charge is 0.224 e. The van der Waals surface area contributed by atoms with Crippen molar-refractivity contribution in [2.24, 2.45) is 5.92 Å². The Labute approximate surface area is 146 Å². The Morgan fingerprint density at radius 2 is 2.30 bits per heavy atom. The van der Waals surface area contributed by atoms with Gasteiger partial charge in [-0.05, 0) is 31.3 Å². The van der Waals surface area contributed by atoms with Gasteiger partial charge in [0.1, 0.15) is 17.0 Å². The van der Waals surface area contributed by atoms with Gasteiger partial charge in [-0.15, -0.1) is 23.7 Å². The van der Waals surface area contributed by atoms with Gasteiger partial charge in [0.25, 0.3) is 0 Å². The van der Waals surface area contributed by atoms with Crippen LogP contribution in [-0.4, -0.2) is 49.1 Å². The number of aromatic nitrogens is 2. The van der Waals surface area contributed by atoms with Gasteiger partial charge in [-0.1, -0.05) is 0 Å². The summed E-state index contributed by atoms with van der Waals surface area (Å²) >= 11 is 1.62. The third-order valence-electron chi connectivity index (χ3n) is 4.01. The van der Waals surface area contributed by atoms with E-state index in [0.29, 0.717) is 6.54 Å². The summed E-state index contributed by atoms with van der Waals surface area (Å²) in [4.78, 5) is 24.2. The third kappa shape index (κ3) is 4.10. The van der Waals surface area contributed by atoms with E-state index in [1.54, 1.807) is 17.7 Å². The van der Waals surface area contributed by atoms with Crippen molar-refractivity contribution in [3.63, 3.8) is 0 Å². The predicted octanol–water partition coefficient (Wildman–Crippen LogP) is 1.67. The number of nitrogens with one attached hydrogen (secondary N) is 2. The number of thiophene rings is 1. The largest absolute Gasteiger partial charge is 0.355 e. The number of halogens is 1. The molecule has 6 nitrogen and oxygen atoms in total. The maximum Gasteiger partial charge on any atom is 0.224 e. The molecule has 23 heavy (non-hydrogen) atoms. The van der Waals surface area contributed by atoms with E-state index in [2.05, 4.69) is 31.6 Å². The van der Waals surface area contributed by atoms with Crippen molar-refractivity contribution in [1.29, 1.82) is 0 Å². The zero-order valence-electron chi connectivity index (χ0n) is 13.1. The lowest BCUT2D eigenvalue weighted by molar-refractivity contribution is -0.125. The molecule has 2 aromatic heterocycles. The quantitative estimate of drug-likeness (QED) is 0.798. The summed E-state index contributed by atoms with van der Waals surface area (Å²) in [5.41, 5.74) is 0. The van der Waals surface area contributed by atoms with Gasteiger partial charge in [0.05, 0.1) is 11.3 Å². The summed E-state index contributed by atoms with van der Waals surface area (Å²) in [6.07, 6.45) is 3.57. The Bertz CT molecular complexity index is 650. The number of likely N-dealkylation sites (N-methyl/N-ethyl adjacent to an activating group) is 1. The molecule has 1 saturated heterocycles. The molecule has 0 saturated carbocycles. The molecule has 0 spiro atoms. The van der Waals surface area contributed by atoms with Crippen LogP contribution >= 0.6 is 23.7 Å². The minimum atomic E-state index is 0. The first-order chi connectivity index (χ1) is 10.8. The van der Waals surface area contributed by atoms with Crippen LogP contribution < -0.4 is 15.5 Å². The molecular weight excluding hydrogens is 334 g/mol. The van der Waals surface area contributed by atoms with E-state index in [0.717, 1.165) is 48.5 Å². The van der Waals surface area contributed by atoms with Gasteiger partial charge in [-0.25, -0.2) is 9.97 Å². The highest BCUT2D eigenvalue weighted by atomic mass is 35.5. The summed E-state index contributed by atoms with van der Waals surface area (Å²) < 4.78 is 0. The van der Waals surface area contributed by atoms with Crippen LogP contribution in [0.15, 0.2) is 17.8 Å². The summed E-state index contributed by atoms with van der Waals surface area (Å²) in [5, 5.41) is 9.16. The minimum Gasteiger partial charge on any atom is -0.355 e. The number of carbonyl (C=O) groups is 1. The lowest BCUT2D eigenvalue weighted by atomic mass is 9.97. The molecule has 0 bridgehead atoms. The van der Waals surface area contributed by atoms with Gasteiger partial charge < -0.3 is 15.5 Å². The van der Waals surface area contributed by atoms with Crippen LogP contribution in [0.5, 0.6) is 0 Å². The first-order valence-electron chi connectivity index (χ1n) is 7.65. The molecule has 1 atom stereocenters. The molecule has 1 aliphatic heterocycles. The molecule has 0 aliphatic carbocycles. The van der Waals surface area contributed by atoms with E-state index < -0.39 is 0 Å². The van der Waals surface area contributed by atoms with Crippen LogP contribution in [0.1, 0.15) is 12.8 Å². The fourth-order valence-corrected chi connectivity index (χ4v) is 3.59. The van der Waals surface area contributed by atoms with Gasteiger partial charge in [0.2, 0.25) is 5.91 Å². The second-order valence-corrected chi connectivity index (χ2v) is 6.41. The minimum absolute atomic E-state index is 0. The number of amides is 1. The van der Waals surface area contributed by atoms with Crippen molar-refractivity contribution < 1.29 is 4.79 Å².